The number of rotatable bonds is 8. The molecule has 6 nitrogen and oxygen atoms in total. The van der Waals surface area contributed by atoms with Crippen LogP contribution in [0.4, 0.5) is 0 Å². The molecule has 1 aliphatic heterocycles. The molecule has 2 unspecified atom stereocenters. The van der Waals surface area contributed by atoms with Crippen LogP contribution in [-0.4, -0.2) is 61.8 Å². The SMILES string of the molecule is CCC1C(=O)NC(C)(CC)C(=O)N1CCOCCOC. The summed E-state index contributed by atoms with van der Waals surface area (Å²) in [7, 11) is 1.61. The van der Waals surface area contributed by atoms with Crippen molar-refractivity contribution in [3.8, 4) is 0 Å². The number of hydrogen-bond donors (Lipinski definition) is 1. The largest absolute Gasteiger partial charge is 0.382 e. The summed E-state index contributed by atoms with van der Waals surface area (Å²) in [4.78, 5) is 26.3. The van der Waals surface area contributed by atoms with Gasteiger partial charge in [0.05, 0.1) is 19.8 Å². The molecule has 1 fully saturated rings. The zero-order chi connectivity index (χ0) is 15.2. The summed E-state index contributed by atoms with van der Waals surface area (Å²) < 4.78 is 10.3. The molecule has 1 saturated heterocycles. The molecule has 1 aliphatic rings. The van der Waals surface area contributed by atoms with E-state index in [1.165, 1.54) is 0 Å². The Balaban J connectivity index is 2.66. The molecule has 1 rings (SSSR count). The second-order valence-electron chi connectivity index (χ2n) is 5.20. The number of nitrogens with one attached hydrogen (secondary N) is 1. The highest BCUT2D eigenvalue weighted by molar-refractivity contribution is 5.99. The Morgan fingerprint density at radius 1 is 1.25 bits per heavy atom. The summed E-state index contributed by atoms with van der Waals surface area (Å²) in [6.45, 7) is 7.45. The molecule has 0 radical (unpaired) electrons. The van der Waals surface area contributed by atoms with E-state index in [0.717, 1.165) is 0 Å². The standard InChI is InChI=1S/C14H26N2O4/c1-5-11-12(17)15-14(3,6-2)13(18)16(11)7-8-20-10-9-19-4/h11H,5-10H2,1-4H3,(H,15,17). The van der Waals surface area contributed by atoms with Crippen molar-refractivity contribution in [2.75, 3.05) is 33.5 Å². The van der Waals surface area contributed by atoms with E-state index in [4.69, 9.17) is 9.47 Å². The molecule has 0 bridgehead atoms. The van der Waals surface area contributed by atoms with E-state index in [1.807, 2.05) is 13.8 Å². The number of methoxy groups -OCH3 is 1. The van der Waals surface area contributed by atoms with Gasteiger partial charge in [-0.1, -0.05) is 13.8 Å². The monoisotopic (exact) mass is 286 g/mol. The van der Waals surface area contributed by atoms with Gasteiger partial charge in [-0.2, -0.15) is 0 Å². The van der Waals surface area contributed by atoms with Gasteiger partial charge < -0.3 is 19.7 Å². The fourth-order valence-electron chi connectivity index (χ4n) is 2.32. The average Bonchev–Trinajstić information content (AvgIpc) is 2.43. The lowest BCUT2D eigenvalue weighted by Crippen LogP contribution is -2.69. The molecule has 0 aromatic rings. The van der Waals surface area contributed by atoms with Crippen molar-refractivity contribution >= 4 is 11.8 Å². The number of ether oxygens (including phenoxy) is 2. The Labute approximate surface area is 120 Å². The van der Waals surface area contributed by atoms with Crippen molar-refractivity contribution in [1.29, 1.82) is 0 Å². The second kappa shape index (κ2) is 7.59. The number of carbonyl (C=O) groups excluding carboxylic acids is 2. The van der Waals surface area contributed by atoms with E-state index in [9.17, 15) is 9.59 Å². The van der Waals surface area contributed by atoms with Crippen molar-refractivity contribution in [3.63, 3.8) is 0 Å². The number of nitrogens with zero attached hydrogens (tertiary/aromatic N) is 1. The molecule has 0 aliphatic carbocycles. The molecule has 6 heteroatoms. The van der Waals surface area contributed by atoms with Crippen LogP contribution < -0.4 is 5.32 Å². The topological polar surface area (TPSA) is 67.9 Å². The Bertz CT molecular complexity index is 348. The number of piperazine rings is 1. The minimum atomic E-state index is -0.796. The fraction of sp³-hybridized carbons (Fsp3) is 0.857. The molecule has 0 aromatic carbocycles. The summed E-state index contributed by atoms with van der Waals surface area (Å²) in [5.74, 6) is -0.102. The quantitative estimate of drug-likeness (QED) is 0.662. The van der Waals surface area contributed by atoms with E-state index < -0.39 is 11.6 Å². The van der Waals surface area contributed by atoms with Gasteiger partial charge in [0.1, 0.15) is 11.6 Å². The normalized spacial score (nSPS) is 26.8. The Morgan fingerprint density at radius 3 is 2.50 bits per heavy atom. The van der Waals surface area contributed by atoms with E-state index in [2.05, 4.69) is 5.32 Å². The first kappa shape index (κ1) is 16.9. The molecule has 20 heavy (non-hydrogen) atoms. The lowest BCUT2D eigenvalue weighted by atomic mass is 9.91. The van der Waals surface area contributed by atoms with Gasteiger partial charge in [-0.3, -0.25) is 9.59 Å². The fourth-order valence-corrected chi connectivity index (χ4v) is 2.32. The first-order valence-corrected chi connectivity index (χ1v) is 7.20. The van der Waals surface area contributed by atoms with Crippen molar-refractivity contribution < 1.29 is 19.1 Å². The van der Waals surface area contributed by atoms with Gasteiger partial charge in [0.2, 0.25) is 11.8 Å². The smallest absolute Gasteiger partial charge is 0.248 e. The lowest BCUT2D eigenvalue weighted by molar-refractivity contribution is -0.155. The molecule has 0 saturated carbocycles. The average molecular weight is 286 g/mol. The molecule has 1 N–H and O–H groups in total. The molecular weight excluding hydrogens is 260 g/mol. The Kier molecular flexibility index (Phi) is 6.42. The third-order valence-corrected chi connectivity index (χ3v) is 3.81. The summed E-state index contributed by atoms with van der Waals surface area (Å²) >= 11 is 0. The highest BCUT2D eigenvalue weighted by atomic mass is 16.5. The maximum absolute atomic E-state index is 12.5. The van der Waals surface area contributed by atoms with Crippen LogP contribution in [0.3, 0.4) is 0 Å². The molecule has 0 spiro atoms. The minimum absolute atomic E-state index is 0.0261. The molecule has 1 heterocycles. The second-order valence-corrected chi connectivity index (χ2v) is 5.20. The predicted molar refractivity (Wildman–Crippen MR) is 75.3 cm³/mol. The van der Waals surface area contributed by atoms with Crippen molar-refractivity contribution in [2.45, 2.75) is 45.2 Å². The van der Waals surface area contributed by atoms with Crippen LogP contribution in [0.5, 0.6) is 0 Å². The van der Waals surface area contributed by atoms with Crippen molar-refractivity contribution in [3.05, 3.63) is 0 Å². The van der Waals surface area contributed by atoms with Crippen molar-refractivity contribution in [2.24, 2.45) is 0 Å². The summed E-state index contributed by atoms with van der Waals surface area (Å²) in [5.41, 5.74) is -0.796. The molecule has 2 amide bonds. The Morgan fingerprint density at radius 2 is 1.95 bits per heavy atom. The maximum Gasteiger partial charge on any atom is 0.248 e. The third-order valence-electron chi connectivity index (χ3n) is 3.81. The van der Waals surface area contributed by atoms with E-state index in [1.54, 1.807) is 18.9 Å². The third kappa shape index (κ3) is 3.70. The van der Waals surface area contributed by atoms with E-state index >= 15 is 0 Å². The summed E-state index contributed by atoms with van der Waals surface area (Å²) in [6.07, 6.45) is 1.18. The van der Waals surface area contributed by atoms with Crippen LogP contribution in [0, 0.1) is 0 Å². The Hall–Kier alpha value is -1.14. The van der Waals surface area contributed by atoms with Gasteiger partial charge in [-0.15, -0.1) is 0 Å². The van der Waals surface area contributed by atoms with E-state index in [-0.39, 0.29) is 11.8 Å². The molecule has 0 aromatic heterocycles. The summed E-state index contributed by atoms with van der Waals surface area (Å²) in [6, 6.07) is -0.395. The summed E-state index contributed by atoms with van der Waals surface area (Å²) in [5, 5.41) is 2.84. The van der Waals surface area contributed by atoms with Crippen LogP contribution in [0.1, 0.15) is 33.6 Å². The van der Waals surface area contributed by atoms with Gasteiger partial charge in [-0.25, -0.2) is 0 Å². The number of amides is 2. The van der Waals surface area contributed by atoms with Crippen LogP contribution >= 0.6 is 0 Å². The zero-order valence-corrected chi connectivity index (χ0v) is 12.9. The van der Waals surface area contributed by atoms with Crippen LogP contribution in [0.15, 0.2) is 0 Å². The molecule has 116 valence electrons. The molecular formula is C14H26N2O4. The van der Waals surface area contributed by atoms with Gasteiger partial charge >= 0.3 is 0 Å². The minimum Gasteiger partial charge on any atom is -0.382 e. The first-order chi connectivity index (χ1) is 9.50. The van der Waals surface area contributed by atoms with Gasteiger partial charge in [0.25, 0.3) is 0 Å². The van der Waals surface area contributed by atoms with Crippen molar-refractivity contribution in [1.82, 2.24) is 10.2 Å². The lowest BCUT2D eigenvalue weighted by Gasteiger charge is -2.43. The predicted octanol–water partition coefficient (Wildman–Crippen LogP) is 0.555. The first-order valence-electron chi connectivity index (χ1n) is 7.20. The zero-order valence-electron chi connectivity index (χ0n) is 12.9. The highest BCUT2D eigenvalue weighted by Gasteiger charge is 2.45. The van der Waals surface area contributed by atoms with Gasteiger partial charge in [0.15, 0.2) is 0 Å². The van der Waals surface area contributed by atoms with E-state index in [0.29, 0.717) is 39.2 Å². The maximum atomic E-state index is 12.5. The van der Waals surface area contributed by atoms with Gasteiger partial charge in [0, 0.05) is 13.7 Å². The van der Waals surface area contributed by atoms with Gasteiger partial charge in [-0.05, 0) is 19.8 Å². The molecule has 2 atom stereocenters. The van der Waals surface area contributed by atoms with Crippen LogP contribution in [0.25, 0.3) is 0 Å². The van der Waals surface area contributed by atoms with Crippen LogP contribution in [0.2, 0.25) is 0 Å². The number of hydrogen-bond acceptors (Lipinski definition) is 4. The number of carbonyl (C=O) groups is 2. The van der Waals surface area contributed by atoms with Crippen LogP contribution in [-0.2, 0) is 19.1 Å². The highest BCUT2D eigenvalue weighted by Crippen LogP contribution is 2.22.